The van der Waals surface area contributed by atoms with Crippen LogP contribution in [-0.2, 0) is 0 Å². The van der Waals surface area contributed by atoms with Crippen LogP contribution in [0.2, 0.25) is 0 Å². The summed E-state index contributed by atoms with van der Waals surface area (Å²) in [7, 11) is 0. The maximum Gasteiger partial charge on any atom is 0.145 e. The van der Waals surface area contributed by atoms with Crippen LogP contribution in [0.25, 0.3) is 0 Å². The molecule has 0 aromatic heterocycles. The fourth-order valence-electron chi connectivity index (χ4n) is 0.977. The van der Waals surface area contributed by atoms with Crippen molar-refractivity contribution in [3.8, 4) is 12.1 Å². The minimum atomic E-state index is 0.0615. The Hall–Kier alpha value is -1.53. The summed E-state index contributed by atoms with van der Waals surface area (Å²) in [5.74, 6) is 0. The number of nitriles is 2. The lowest BCUT2D eigenvalue weighted by Gasteiger charge is -2.04. The quantitative estimate of drug-likeness (QED) is 0.675. The number of benzene rings is 1. The molecular weight excluding hydrogens is 301 g/mol. The Morgan fingerprint density at radius 2 is 2.07 bits per heavy atom. The Morgan fingerprint density at radius 1 is 1.40 bits per heavy atom. The van der Waals surface area contributed by atoms with Gasteiger partial charge in [-0.2, -0.15) is 10.5 Å². The first-order valence-corrected chi connectivity index (χ1v) is 5.28. The number of hydrogen-bond acceptors (Lipinski definition) is 3. The second-order valence-corrected chi connectivity index (χ2v) is 4.07. The lowest BCUT2D eigenvalue weighted by Crippen LogP contribution is -1.92. The van der Waals surface area contributed by atoms with Gasteiger partial charge in [-0.3, -0.25) is 0 Å². The molecule has 1 aromatic carbocycles. The number of allylic oxidation sites excluding steroid dienone is 1. The van der Waals surface area contributed by atoms with Crippen molar-refractivity contribution in [1.29, 1.82) is 10.5 Å². The van der Waals surface area contributed by atoms with Crippen molar-refractivity contribution in [3.63, 3.8) is 0 Å². The summed E-state index contributed by atoms with van der Waals surface area (Å²) in [6.07, 6.45) is 1.41. The van der Waals surface area contributed by atoms with Gasteiger partial charge in [0.2, 0.25) is 0 Å². The van der Waals surface area contributed by atoms with E-state index in [1.807, 2.05) is 25.1 Å². The van der Waals surface area contributed by atoms with Gasteiger partial charge >= 0.3 is 0 Å². The van der Waals surface area contributed by atoms with Gasteiger partial charge in [0, 0.05) is 9.77 Å². The zero-order chi connectivity index (χ0) is 11.3. The van der Waals surface area contributed by atoms with E-state index in [2.05, 4.69) is 27.9 Å². The summed E-state index contributed by atoms with van der Waals surface area (Å²) in [5, 5.41) is 20.0. The van der Waals surface area contributed by atoms with Gasteiger partial charge in [0.25, 0.3) is 0 Å². The van der Waals surface area contributed by atoms with Gasteiger partial charge < -0.3 is 5.32 Å². The SMILES string of the molecule is Cc1ccc(NC=C(C#N)C#N)c(I)c1. The largest absolute Gasteiger partial charge is 0.359 e. The van der Waals surface area contributed by atoms with Crippen LogP contribution in [0.5, 0.6) is 0 Å². The van der Waals surface area contributed by atoms with Crippen LogP contribution in [0, 0.1) is 33.2 Å². The minimum Gasteiger partial charge on any atom is -0.359 e. The summed E-state index contributed by atoms with van der Waals surface area (Å²) in [4.78, 5) is 0. The molecule has 0 heterocycles. The molecule has 4 heteroatoms. The van der Waals surface area contributed by atoms with E-state index in [0.717, 1.165) is 9.26 Å². The average Bonchev–Trinajstić information content (AvgIpc) is 2.22. The molecule has 15 heavy (non-hydrogen) atoms. The van der Waals surface area contributed by atoms with Crippen LogP contribution in [0.15, 0.2) is 30.0 Å². The predicted octanol–water partition coefficient (Wildman–Crippen LogP) is 2.94. The van der Waals surface area contributed by atoms with E-state index in [1.165, 1.54) is 11.8 Å². The molecular formula is C11H8IN3. The number of hydrogen-bond donors (Lipinski definition) is 1. The van der Waals surface area contributed by atoms with Crippen molar-refractivity contribution in [1.82, 2.24) is 0 Å². The molecule has 1 aromatic rings. The predicted molar refractivity (Wildman–Crippen MR) is 66.8 cm³/mol. The van der Waals surface area contributed by atoms with E-state index in [4.69, 9.17) is 10.5 Å². The highest BCUT2D eigenvalue weighted by Crippen LogP contribution is 2.19. The van der Waals surface area contributed by atoms with E-state index in [0.29, 0.717) is 0 Å². The molecule has 0 aliphatic carbocycles. The Balaban J connectivity index is 2.89. The van der Waals surface area contributed by atoms with Crippen LogP contribution in [0.1, 0.15) is 5.56 Å². The minimum absolute atomic E-state index is 0.0615. The molecule has 0 aliphatic rings. The van der Waals surface area contributed by atoms with Gasteiger partial charge in [-0.05, 0) is 47.2 Å². The molecule has 74 valence electrons. The lowest BCUT2D eigenvalue weighted by atomic mass is 10.2. The van der Waals surface area contributed by atoms with E-state index in [1.54, 1.807) is 12.1 Å². The molecule has 1 N–H and O–H groups in total. The van der Waals surface area contributed by atoms with Crippen LogP contribution >= 0.6 is 22.6 Å². The fourth-order valence-corrected chi connectivity index (χ4v) is 1.80. The molecule has 0 aliphatic heterocycles. The molecule has 3 nitrogen and oxygen atoms in total. The molecule has 0 atom stereocenters. The van der Waals surface area contributed by atoms with Crippen molar-refractivity contribution in [2.45, 2.75) is 6.92 Å². The highest BCUT2D eigenvalue weighted by atomic mass is 127. The van der Waals surface area contributed by atoms with Crippen LogP contribution in [0.4, 0.5) is 5.69 Å². The first kappa shape index (κ1) is 11.5. The van der Waals surface area contributed by atoms with Crippen LogP contribution in [-0.4, -0.2) is 0 Å². The van der Waals surface area contributed by atoms with Gasteiger partial charge in [-0.1, -0.05) is 6.07 Å². The van der Waals surface area contributed by atoms with Gasteiger partial charge in [-0.15, -0.1) is 0 Å². The third kappa shape index (κ3) is 3.26. The number of nitrogens with zero attached hydrogens (tertiary/aromatic N) is 2. The topological polar surface area (TPSA) is 59.6 Å². The fraction of sp³-hybridized carbons (Fsp3) is 0.0909. The third-order valence-corrected chi connectivity index (χ3v) is 2.63. The van der Waals surface area contributed by atoms with Crippen LogP contribution < -0.4 is 5.32 Å². The highest BCUT2D eigenvalue weighted by molar-refractivity contribution is 14.1. The molecule has 0 bridgehead atoms. The molecule has 0 radical (unpaired) electrons. The molecule has 0 unspecified atom stereocenters. The van der Waals surface area contributed by atoms with Crippen LogP contribution in [0.3, 0.4) is 0 Å². The van der Waals surface area contributed by atoms with E-state index >= 15 is 0 Å². The second-order valence-electron chi connectivity index (χ2n) is 2.91. The van der Waals surface area contributed by atoms with Crippen molar-refractivity contribution in [2.75, 3.05) is 5.32 Å². The van der Waals surface area contributed by atoms with Gasteiger partial charge in [0.05, 0.1) is 5.69 Å². The van der Waals surface area contributed by atoms with E-state index in [9.17, 15) is 0 Å². The van der Waals surface area contributed by atoms with Crippen molar-refractivity contribution in [2.24, 2.45) is 0 Å². The number of halogens is 1. The molecule has 0 saturated carbocycles. The molecule has 1 rings (SSSR count). The lowest BCUT2D eigenvalue weighted by molar-refractivity contribution is 1.41. The number of rotatable bonds is 2. The third-order valence-electron chi connectivity index (χ3n) is 1.74. The number of aryl methyl sites for hydroxylation is 1. The van der Waals surface area contributed by atoms with Gasteiger partial charge in [0.15, 0.2) is 0 Å². The van der Waals surface area contributed by atoms with Gasteiger partial charge in [0.1, 0.15) is 17.7 Å². The molecule has 0 saturated heterocycles. The maximum atomic E-state index is 8.53. The van der Waals surface area contributed by atoms with Crippen molar-refractivity contribution >= 4 is 28.3 Å². The number of nitrogens with one attached hydrogen (secondary N) is 1. The second kappa shape index (κ2) is 5.38. The molecule has 0 spiro atoms. The molecule has 0 amide bonds. The zero-order valence-corrected chi connectivity index (χ0v) is 10.2. The monoisotopic (exact) mass is 309 g/mol. The summed E-state index contributed by atoms with van der Waals surface area (Å²) in [6, 6.07) is 9.48. The smallest absolute Gasteiger partial charge is 0.145 e. The Bertz CT molecular complexity index is 462. The summed E-state index contributed by atoms with van der Waals surface area (Å²) < 4.78 is 1.05. The number of anilines is 1. The summed E-state index contributed by atoms with van der Waals surface area (Å²) in [6.45, 7) is 2.01. The van der Waals surface area contributed by atoms with E-state index in [-0.39, 0.29) is 5.57 Å². The first-order chi connectivity index (χ1) is 7.17. The van der Waals surface area contributed by atoms with Gasteiger partial charge in [-0.25, -0.2) is 0 Å². The molecule has 0 fully saturated rings. The van der Waals surface area contributed by atoms with Crippen molar-refractivity contribution < 1.29 is 0 Å². The standard InChI is InChI=1S/C11H8IN3/c1-8-2-3-11(10(12)4-8)15-7-9(5-13)6-14/h2-4,7,15H,1H3. The Morgan fingerprint density at radius 3 is 2.60 bits per heavy atom. The zero-order valence-electron chi connectivity index (χ0n) is 8.08. The first-order valence-electron chi connectivity index (χ1n) is 4.20. The van der Waals surface area contributed by atoms with Crippen molar-refractivity contribution in [3.05, 3.63) is 39.1 Å². The van der Waals surface area contributed by atoms with E-state index < -0.39 is 0 Å². The Labute approximate surface area is 102 Å². The average molecular weight is 309 g/mol. The summed E-state index contributed by atoms with van der Waals surface area (Å²) in [5.41, 5.74) is 2.13. The summed E-state index contributed by atoms with van der Waals surface area (Å²) >= 11 is 2.20. The maximum absolute atomic E-state index is 8.53. The normalized spacial score (nSPS) is 8.53. The Kier molecular flexibility index (Phi) is 4.14. The highest BCUT2D eigenvalue weighted by Gasteiger charge is 1.98.